The minimum atomic E-state index is -0.195. The summed E-state index contributed by atoms with van der Waals surface area (Å²) in [7, 11) is 0. The SMILES string of the molecule is CCC1CCCCN1c1nsnc1OC(c1ccccc1)c1ccccc1. The summed E-state index contributed by atoms with van der Waals surface area (Å²) in [5.41, 5.74) is 2.24. The van der Waals surface area contributed by atoms with Crippen LogP contribution in [-0.4, -0.2) is 21.3 Å². The molecule has 4 rings (SSSR count). The first kappa shape index (κ1) is 18.0. The van der Waals surface area contributed by atoms with Gasteiger partial charge in [0.15, 0.2) is 6.10 Å². The van der Waals surface area contributed by atoms with E-state index in [0.717, 1.165) is 29.9 Å². The molecule has 1 fully saturated rings. The van der Waals surface area contributed by atoms with Crippen LogP contribution >= 0.6 is 11.7 Å². The van der Waals surface area contributed by atoms with Gasteiger partial charge in [-0.25, -0.2) is 0 Å². The fourth-order valence-corrected chi connectivity index (χ4v) is 4.33. The molecule has 1 unspecified atom stereocenters. The van der Waals surface area contributed by atoms with E-state index in [-0.39, 0.29) is 6.10 Å². The lowest BCUT2D eigenvalue weighted by Crippen LogP contribution is -2.39. The Morgan fingerprint density at radius 3 is 2.30 bits per heavy atom. The summed E-state index contributed by atoms with van der Waals surface area (Å²) < 4.78 is 15.6. The van der Waals surface area contributed by atoms with Gasteiger partial charge in [-0.15, -0.1) is 4.37 Å². The largest absolute Gasteiger partial charge is 0.461 e. The Kier molecular flexibility index (Phi) is 5.68. The topological polar surface area (TPSA) is 38.2 Å². The molecule has 0 N–H and O–H groups in total. The molecule has 0 aliphatic carbocycles. The standard InChI is InChI=1S/C22H25N3OS/c1-2-19-15-9-10-16-25(19)21-22(24-27-23-21)26-20(17-11-5-3-6-12-17)18-13-7-4-8-14-18/h3-8,11-14,19-20H,2,9-10,15-16H2,1H3. The third-order valence-corrected chi connectivity index (χ3v) is 5.75. The van der Waals surface area contributed by atoms with Crippen molar-refractivity contribution in [3.05, 3.63) is 71.8 Å². The second-order valence-electron chi connectivity index (χ2n) is 6.96. The number of hydrogen-bond donors (Lipinski definition) is 0. The van der Waals surface area contributed by atoms with Gasteiger partial charge in [0.2, 0.25) is 5.82 Å². The highest BCUT2D eigenvalue weighted by atomic mass is 32.1. The van der Waals surface area contributed by atoms with Gasteiger partial charge in [0, 0.05) is 12.6 Å². The lowest BCUT2D eigenvalue weighted by Gasteiger charge is -2.35. The van der Waals surface area contributed by atoms with Gasteiger partial charge >= 0.3 is 0 Å². The number of rotatable bonds is 6. The Morgan fingerprint density at radius 1 is 1.00 bits per heavy atom. The number of hydrogen-bond acceptors (Lipinski definition) is 5. The monoisotopic (exact) mass is 379 g/mol. The molecule has 1 aliphatic heterocycles. The average Bonchev–Trinajstić information content (AvgIpc) is 3.21. The zero-order valence-electron chi connectivity index (χ0n) is 15.6. The maximum Gasteiger partial charge on any atom is 0.271 e. The maximum atomic E-state index is 6.50. The molecule has 0 amide bonds. The van der Waals surface area contributed by atoms with Crippen molar-refractivity contribution in [2.75, 3.05) is 11.4 Å². The number of nitrogens with zero attached hydrogens (tertiary/aromatic N) is 3. The smallest absolute Gasteiger partial charge is 0.271 e. The van der Waals surface area contributed by atoms with E-state index < -0.39 is 0 Å². The van der Waals surface area contributed by atoms with Crippen LogP contribution in [0.25, 0.3) is 0 Å². The molecule has 2 aromatic carbocycles. The summed E-state index contributed by atoms with van der Waals surface area (Å²) in [4.78, 5) is 2.40. The van der Waals surface area contributed by atoms with Gasteiger partial charge < -0.3 is 9.64 Å². The summed E-state index contributed by atoms with van der Waals surface area (Å²) in [6, 6.07) is 21.2. The van der Waals surface area contributed by atoms with E-state index in [1.165, 1.54) is 31.0 Å². The third kappa shape index (κ3) is 3.98. The average molecular weight is 380 g/mol. The zero-order valence-corrected chi connectivity index (χ0v) is 16.4. The molecule has 1 aliphatic rings. The molecule has 0 radical (unpaired) electrons. The van der Waals surface area contributed by atoms with Crippen molar-refractivity contribution < 1.29 is 4.74 Å². The fourth-order valence-electron chi connectivity index (χ4n) is 3.83. The predicted octanol–water partition coefficient (Wildman–Crippen LogP) is 5.48. The number of piperidine rings is 1. The van der Waals surface area contributed by atoms with Gasteiger partial charge in [-0.1, -0.05) is 67.6 Å². The number of anilines is 1. The minimum Gasteiger partial charge on any atom is -0.461 e. The van der Waals surface area contributed by atoms with Gasteiger partial charge in [-0.3, -0.25) is 0 Å². The van der Waals surface area contributed by atoms with Crippen LogP contribution < -0.4 is 9.64 Å². The molecule has 27 heavy (non-hydrogen) atoms. The van der Waals surface area contributed by atoms with E-state index in [9.17, 15) is 0 Å². The first-order valence-corrected chi connectivity index (χ1v) is 10.5. The van der Waals surface area contributed by atoms with Crippen LogP contribution in [0.3, 0.4) is 0 Å². The molecule has 5 heteroatoms. The van der Waals surface area contributed by atoms with Crippen molar-refractivity contribution in [3.8, 4) is 5.88 Å². The van der Waals surface area contributed by atoms with Crippen molar-refractivity contribution in [3.63, 3.8) is 0 Å². The molecule has 0 spiro atoms. The van der Waals surface area contributed by atoms with Gasteiger partial charge in [0.05, 0.1) is 11.7 Å². The molecule has 3 aromatic rings. The summed E-state index contributed by atoms with van der Waals surface area (Å²) >= 11 is 1.24. The van der Waals surface area contributed by atoms with E-state index in [4.69, 9.17) is 4.74 Å². The van der Waals surface area contributed by atoms with Crippen molar-refractivity contribution in [2.45, 2.75) is 44.8 Å². The minimum absolute atomic E-state index is 0.195. The molecular formula is C22H25N3OS. The Bertz CT molecular complexity index is 798. The van der Waals surface area contributed by atoms with Crippen molar-refractivity contribution in [1.82, 2.24) is 8.75 Å². The third-order valence-electron chi connectivity index (χ3n) is 5.25. The maximum absolute atomic E-state index is 6.50. The van der Waals surface area contributed by atoms with Gasteiger partial charge in [0.1, 0.15) is 0 Å². The summed E-state index contributed by atoms with van der Waals surface area (Å²) in [6.07, 6.45) is 4.64. The highest BCUT2D eigenvalue weighted by Crippen LogP contribution is 2.36. The van der Waals surface area contributed by atoms with Crippen molar-refractivity contribution in [2.24, 2.45) is 0 Å². The Balaban J connectivity index is 1.66. The molecule has 1 atom stereocenters. The number of benzene rings is 2. The van der Waals surface area contributed by atoms with E-state index in [0.29, 0.717) is 11.9 Å². The fraction of sp³-hybridized carbons (Fsp3) is 0.364. The second kappa shape index (κ2) is 8.53. The van der Waals surface area contributed by atoms with Crippen LogP contribution in [0.15, 0.2) is 60.7 Å². The molecule has 1 aromatic heterocycles. The summed E-state index contributed by atoms with van der Waals surface area (Å²) in [5, 5.41) is 0. The molecule has 2 heterocycles. The second-order valence-corrected chi connectivity index (χ2v) is 7.49. The van der Waals surface area contributed by atoms with Crippen LogP contribution in [0.2, 0.25) is 0 Å². The summed E-state index contributed by atoms with van der Waals surface area (Å²) in [6.45, 7) is 3.28. The van der Waals surface area contributed by atoms with Gasteiger partial charge in [-0.2, -0.15) is 4.37 Å². The summed E-state index contributed by atoms with van der Waals surface area (Å²) in [5.74, 6) is 1.56. The molecule has 0 bridgehead atoms. The molecule has 0 saturated carbocycles. The van der Waals surface area contributed by atoms with Crippen molar-refractivity contribution in [1.29, 1.82) is 0 Å². The number of aromatic nitrogens is 2. The van der Waals surface area contributed by atoms with Gasteiger partial charge in [-0.05, 0) is 36.8 Å². The Labute approximate surface area is 165 Å². The van der Waals surface area contributed by atoms with Gasteiger partial charge in [0.25, 0.3) is 5.88 Å². The molecular weight excluding hydrogens is 354 g/mol. The molecule has 140 valence electrons. The highest BCUT2D eigenvalue weighted by Gasteiger charge is 2.28. The lowest BCUT2D eigenvalue weighted by atomic mass is 10.00. The lowest BCUT2D eigenvalue weighted by molar-refractivity contribution is 0.238. The Hall–Kier alpha value is -2.40. The van der Waals surface area contributed by atoms with E-state index in [2.05, 4.69) is 44.8 Å². The van der Waals surface area contributed by atoms with Crippen LogP contribution in [0.4, 0.5) is 5.82 Å². The van der Waals surface area contributed by atoms with E-state index in [1.54, 1.807) is 0 Å². The Morgan fingerprint density at radius 2 is 1.67 bits per heavy atom. The van der Waals surface area contributed by atoms with Crippen LogP contribution in [0, 0.1) is 0 Å². The molecule has 4 nitrogen and oxygen atoms in total. The quantitative estimate of drug-likeness (QED) is 0.569. The first-order chi connectivity index (χ1) is 13.4. The van der Waals surface area contributed by atoms with E-state index >= 15 is 0 Å². The molecule has 1 saturated heterocycles. The van der Waals surface area contributed by atoms with Crippen molar-refractivity contribution >= 4 is 17.5 Å². The normalized spacial score (nSPS) is 17.3. The van der Waals surface area contributed by atoms with Crippen LogP contribution in [0.5, 0.6) is 5.88 Å². The predicted molar refractivity (Wildman–Crippen MR) is 111 cm³/mol. The van der Waals surface area contributed by atoms with Crippen LogP contribution in [-0.2, 0) is 0 Å². The first-order valence-electron chi connectivity index (χ1n) is 9.72. The zero-order chi connectivity index (χ0) is 18.5. The van der Waals surface area contributed by atoms with Crippen LogP contribution in [0.1, 0.15) is 49.8 Å². The number of ether oxygens (including phenoxy) is 1. The van der Waals surface area contributed by atoms with E-state index in [1.807, 2.05) is 36.4 Å². The highest BCUT2D eigenvalue weighted by molar-refractivity contribution is 6.99.